The number of nitrogens with zero attached hydrogens (tertiary/aromatic N) is 2. The number of hydrogen-bond acceptors (Lipinski definition) is 4. The van der Waals surface area contributed by atoms with Crippen LogP contribution in [0.4, 0.5) is 0 Å². The lowest BCUT2D eigenvalue weighted by Crippen LogP contribution is -2.38. The van der Waals surface area contributed by atoms with Gasteiger partial charge < -0.3 is 9.84 Å². The predicted molar refractivity (Wildman–Crippen MR) is 76.9 cm³/mol. The van der Waals surface area contributed by atoms with Gasteiger partial charge in [-0.2, -0.15) is 5.10 Å². The quantitative estimate of drug-likeness (QED) is 0.899. The second-order valence-electron chi connectivity index (χ2n) is 6.07. The van der Waals surface area contributed by atoms with E-state index in [1.54, 1.807) is 6.07 Å². The van der Waals surface area contributed by atoms with Gasteiger partial charge in [0.25, 0.3) is 5.91 Å². The molecule has 2 aromatic heterocycles. The summed E-state index contributed by atoms with van der Waals surface area (Å²) < 4.78 is 5.14. The van der Waals surface area contributed by atoms with E-state index in [1.807, 2.05) is 6.20 Å². The highest BCUT2D eigenvalue weighted by atomic mass is 16.5. The summed E-state index contributed by atoms with van der Waals surface area (Å²) in [6, 6.07) is 1.86. The zero-order valence-electron chi connectivity index (χ0n) is 12.3. The second-order valence-corrected chi connectivity index (χ2v) is 6.07. The third kappa shape index (κ3) is 3.15. The van der Waals surface area contributed by atoms with Crippen LogP contribution in [0, 0.1) is 5.92 Å². The first-order valence-electron chi connectivity index (χ1n) is 7.39. The maximum Gasteiger partial charge on any atom is 0.290 e. The monoisotopic (exact) mass is 288 g/mol. The number of fused-ring (bicyclic) bond motifs is 1. The summed E-state index contributed by atoms with van der Waals surface area (Å²) in [5.41, 5.74) is 3.19. The lowest BCUT2D eigenvalue weighted by molar-refractivity contribution is 0.0896. The van der Waals surface area contributed by atoms with Crippen molar-refractivity contribution in [3.05, 3.63) is 35.0 Å². The SMILES string of the molecule is CC(C)Cc1cc(C(=O)N[C@@H]2CCc3[nH]ncc3C2)on1. The Kier molecular flexibility index (Phi) is 3.77. The highest BCUT2D eigenvalue weighted by Crippen LogP contribution is 2.19. The van der Waals surface area contributed by atoms with Gasteiger partial charge in [0.2, 0.25) is 5.76 Å². The van der Waals surface area contributed by atoms with E-state index in [9.17, 15) is 4.79 Å². The van der Waals surface area contributed by atoms with Gasteiger partial charge in [-0.15, -0.1) is 0 Å². The first-order valence-corrected chi connectivity index (χ1v) is 7.39. The van der Waals surface area contributed by atoms with Gasteiger partial charge in [-0.3, -0.25) is 9.89 Å². The van der Waals surface area contributed by atoms with Crippen LogP contribution in [0.3, 0.4) is 0 Å². The molecule has 0 aliphatic heterocycles. The van der Waals surface area contributed by atoms with Crippen LogP contribution in [0.5, 0.6) is 0 Å². The number of nitrogens with one attached hydrogen (secondary N) is 2. The van der Waals surface area contributed by atoms with Crippen molar-refractivity contribution in [2.24, 2.45) is 5.92 Å². The van der Waals surface area contributed by atoms with Crippen molar-refractivity contribution in [1.82, 2.24) is 20.7 Å². The van der Waals surface area contributed by atoms with Crippen molar-refractivity contribution in [1.29, 1.82) is 0 Å². The molecule has 21 heavy (non-hydrogen) atoms. The van der Waals surface area contributed by atoms with E-state index in [2.05, 4.69) is 34.5 Å². The minimum absolute atomic E-state index is 0.126. The van der Waals surface area contributed by atoms with E-state index in [-0.39, 0.29) is 11.9 Å². The Bertz CT molecular complexity index is 629. The number of aromatic amines is 1. The van der Waals surface area contributed by atoms with Crippen LogP contribution in [0.1, 0.15) is 47.8 Å². The molecular formula is C15H20N4O2. The maximum absolute atomic E-state index is 12.2. The first kappa shape index (κ1) is 13.9. The molecule has 2 aromatic rings. The fourth-order valence-corrected chi connectivity index (χ4v) is 2.73. The molecule has 6 nitrogen and oxygen atoms in total. The van der Waals surface area contributed by atoms with E-state index in [0.717, 1.165) is 31.4 Å². The average Bonchev–Trinajstić information content (AvgIpc) is 3.06. The van der Waals surface area contributed by atoms with Gasteiger partial charge >= 0.3 is 0 Å². The third-order valence-electron chi connectivity index (χ3n) is 3.75. The van der Waals surface area contributed by atoms with Crippen LogP contribution in [0.15, 0.2) is 16.8 Å². The van der Waals surface area contributed by atoms with Crippen LogP contribution < -0.4 is 5.32 Å². The van der Waals surface area contributed by atoms with Crippen LogP contribution >= 0.6 is 0 Å². The molecule has 1 aliphatic rings. The Hall–Kier alpha value is -2.11. The topological polar surface area (TPSA) is 83.8 Å². The van der Waals surface area contributed by atoms with Crippen molar-refractivity contribution in [2.45, 2.75) is 45.6 Å². The zero-order chi connectivity index (χ0) is 14.8. The number of H-pyrrole nitrogens is 1. The first-order chi connectivity index (χ1) is 10.1. The average molecular weight is 288 g/mol. The molecule has 0 aromatic carbocycles. The molecule has 0 bridgehead atoms. The lowest BCUT2D eigenvalue weighted by atomic mass is 9.93. The molecule has 112 valence electrons. The molecule has 1 aliphatic carbocycles. The van der Waals surface area contributed by atoms with Gasteiger partial charge in [0.05, 0.1) is 11.9 Å². The molecule has 0 fully saturated rings. The number of aromatic nitrogens is 3. The maximum atomic E-state index is 12.2. The summed E-state index contributed by atoms with van der Waals surface area (Å²) in [7, 11) is 0. The van der Waals surface area contributed by atoms with Crippen LogP contribution in [-0.4, -0.2) is 27.3 Å². The fourth-order valence-electron chi connectivity index (χ4n) is 2.73. The molecule has 1 atom stereocenters. The smallest absolute Gasteiger partial charge is 0.290 e. The minimum Gasteiger partial charge on any atom is -0.351 e. The van der Waals surface area contributed by atoms with Crippen molar-refractivity contribution in [3.8, 4) is 0 Å². The number of carbonyl (C=O) groups excluding carboxylic acids is 1. The molecule has 3 rings (SSSR count). The van der Waals surface area contributed by atoms with Crippen molar-refractivity contribution in [3.63, 3.8) is 0 Å². The molecule has 0 saturated heterocycles. The third-order valence-corrected chi connectivity index (χ3v) is 3.75. The van der Waals surface area contributed by atoms with E-state index >= 15 is 0 Å². The van der Waals surface area contributed by atoms with Gasteiger partial charge in [0, 0.05) is 17.8 Å². The standard InChI is InChI=1S/C15H20N4O2/c1-9(2)5-12-7-14(21-19-12)15(20)17-11-3-4-13-10(6-11)8-16-18-13/h7-9,11H,3-6H2,1-2H3,(H,16,18)(H,17,20)/t11-/m1/s1. The van der Waals surface area contributed by atoms with E-state index in [1.165, 1.54) is 11.3 Å². The normalized spacial score (nSPS) is 17.8. The summed E-state index contributed by atoms with van der Waals surface area (Å²) in [5.74, 6) is 0.599. The molecule has 0 spiro atoms. The van der Waals surface area contributed by atoms with E-state index < -0.39 is 0 Å². The molecule has 0 unspecified atom stereocenters. The van der Waals surface area contributed by atoms with Gasteiger partial charge in [-0.25, -0.2) is 0 Å². The fraction of sp³-hybridized carbons (Fsp3) is 0.533. The van der Waals surface area contributed by atoms with E-state index in [0.29, 0.717) is 11.7 Å². The highest BCUT2D eigenvalue weighted by molar-refractivity contribution is 5.91. The molecule has 2 N–H and O–H groups in total. The summed E-state index contributed by atoms with van der Waals surface area (Å²) >= 11 is 0. The van der Waals surface area contributed by atoms with Gasteiger partial charge in [-0.1, -0.05) is 19.0 Å². The Morgan fingerprint density at radius 1 is 1.57 bits per heavy atom. The molecule has 2 heterocycles. The summed E-state index contributed by atoms with van der Waals surface area (Å²) in [4.78, 5) is 12.2. The summed E-state index contributed by atoms with van der Waals surface area (Å²) in [6.45, 7) is 4.22. The number of aryl methyl sites for hydroxylation is 1. The molecule has 1 amide bonds. The van der Waals surface area contributed by atoms with Gasteiger partial charge in [-0.05, 0) is 37.2 Å². The predicted octanol–water partition coefficient (Wildman–Crippen LogP) is 1.88. The van der Waals surface area contributed by atoms with Crippen LogP contribution in [0.2, 0.25) is 0 Å². The highest BCUT2D eigenvalue weighted by Gasteiger charge is 2.23. The number of hydrogen-bond donors (Lipinski definition) is 2. The number of amides is 1. The second kappa shape index (κ2) is 5.71. The molecule has 6 heteroatoms. The minimum atomic E-state index is -0.186. The Balaban J connectivity index is 1.60. The van der Waals surface area contributed by atoms with Crippen LogP contribution in [-0.2, 0) is 19.3 Å². The van der Waals surface area contributed by atoms with E-state index in [4.69, 9.17) is 4.52 Å². The lowest BCUT2D eigenvalue weighted by Gasteiger charge is -2.22. The van der Waals surface area contributed by atoms with Crippen molar-refractivity contribution >= 4 is 5.91 Å². The van der Waals surface area contributed by atoms with Crippen molar-refractivity contribution in [2.75, 3.05) is 0 Å². The number of rotatable bonds is 4. The number of carbonyl (C=O) groups is 1. The zero-order valence-corrected chi connectivity index (χ0v) is 12.3. The van der Waals surface area contributed by atoms with Crippen LogP contribution in [0.25, 0.3) is 0 Å². The summed E-state index contributed by atoms with van der Waals surface area (Å²) in [6.07, 6.45) is 5.29. The van der Waals surface area contributed by atoms with Gasteiger partial charge in [0.15, 0.2) is 0 Å². The molecular weight excluding hydrogens is 268 g/mol. The Labute approximate surface area is 123 Å². The Morgan fingerprint density at radius 3 is 3.24 bits per heavy atom. The molecule has 0 radical (unpaired) electrons. The summed E-state index contributed by atoms with van der Waals surface area (Å²) in [5, 5.41) is 14.0. The van der Waals surface area contributed by atoms with Gasteiger partial charge in [0.1, 0.15) is 0 Å². The molecule has 0 saturated carbocycles. The largest absolute Gasteiger partial charge is 0.351 e. The Morgan fingerprint density at radius 2 is 2.43 bits per heavy atom. The van der Waals surface area contributed by atoms with Crippen molar-refractivity contribution < 1.29 is 9.32 Å².